The molecule has 3 aromatic heterocycles. The van der Waals surface area contributed by atoms with Gasteiger partial charge in [0.05, 0.1) is 27.5 Å². The monoisotopic (exact) mass is 698 g/mol. The summed E-state index contributed by atoms with van der Waals surface area (Å²) in [5.41, 5.74) is 16.4. The summed E-state index contributed by atoms with van der Waals surface area (Å²) in [6.07, 6.45) is 0. The van der Waals surface area contributed by atoms with Crippen LogP contribution in [0.15, 0.2) is 186 Å². The average molecular weight is 699 g/mol. The third-order valence-electron chi connectivity index (χ3n) is 12.0. The van der Waals surface area contributed by atoms with E-state index in [1.54, 1.807) is 0 Å². The van der Waals surface area contributed by atoms with Crippen molar-refractivity contribution in [2.75, 3.05) is 0 Å². The molecule has 0 atom stereocenters. The maximum atomic E-state index is 6.53. The van der Waals surface area contributed by atoms with Crippen LogP contribution in [0.3, 0.4) is 0 Å². The highest BCUT2D eigenvalue weighted by molar-refractivity contribution is 6.31. The zero-order valence-electron chi connectivity index (χ0n) is 29.6. The van der Waals surface area contributed by atoms with Gasteiger partial charge in [0.25, 0.3) is 0 Å². The Balaban J connectivity index is 1.17. The molecule has 0 N–H and O–H groups in total. The first kappa shape index (κ1) is 29.1. The summed E-state index contributed by atoms with van der Waals surface area (Å²) in [6.45, 7) is 0. The summed E-state index contributed by atoms with van der Waals surface area (Å²) in [5.74, 6) is 0. The molecular formula is C52H30N2O. The molecule has 13 rings (SSSR count). The van der Waals surface area contributed by atoms with E-state index in [2.05, 4.69) is 191 Å². The average Bonchev–Trinajstić information content (AvgIpc) is 3.98. The first-order chi connectivity index (χ1) is 27.3. The Morgan fingerprint density at radius 3 is 1.85 bits per heavy atom. The third-order valence-corrected chi connectivity index (χ3v) is 12.0. The van der Waals surface area contributed by atoms with Gasteiger partial charge in [0.2, 0.25) is 0 Å². The van der Waals surface area contributed by atoms with Gasteiger partial charge in [-0.1, -0.05) is 127 Å². The molecule has 1 aliphatic carbocycles. The molecule has 9 aromatic carbocycles. The van der Waals surface area contributed by atoms with Crippen molar-refractivity contribution in [2.45, 2.75) is 0 Å². The first-order valence-corrected chi connectivity index (χ1v) is 18.9. The number of para-hydroxylation sites is 2. The molecule has 55 heavy (non-hydrogen) atoms. The summed E-state index contributed by atoms with van der Waals surface area (Å²) in [4.78, 5) is 0. The van der Waals surface area contributed by atoms with Crippen LogP contribution in [0, 0.1) is 0 Å². The molecule has 0 bridgehead atoms. The van der Waals surface area contributed by atoms with E-state index in [-0.39, 0.29) is 0 Å². The van der Waals surface area contributed by atoms with E-state index in [0.29, 0.717) is 0 Å². The SMILES string of the molecule is c1ccc(-c2ccc(-n3c4ccc5c6ccccc6n(-c6ccc7c(c6)-c6cccc8cccc-7c68)c5c4c4ccc5oc6ccccc6c5c43)cc2)cc1. The van der Waals surface area contributed by atoms with Gasteiger partial charge in [-0.25, -0.2) is 0 Å². The zero-order valence-corrected chi connectivity index (χ0v) is 29.6. The Hall–Kier alpha value is -7.36. The molecule has 3 heteroatoms. The number of hydrogen-bond acceptors (Lipinski definition) is 1. The normalized spacial score (nSPS) is 12.4. The Morgan fingerprint density at radius 1 is 0.327 bits per heavy atom. The van der Waals surface area contributed by atoms with Crippen LogP contribution in [0.2, 0.25) is 0 Å². The van der Waals surface area contributed by atoms with Crippen LogP contribution in [0.25, 0.3) is 121 Å². The molecule has 0 spiro atoms. The van der Waals surface area contributed by atoms with Crippen molar-refractivity contribution in [3.63, 3.8) is 0 Å². The van der Waals surface area contributed by atoms with Gasteiger partial charge in [0, 0.05) is 38.3 Å². The summed E-state index contributed by atoms with van der Waals surface area (Å²) in [6, 6.07) is 66.5. The van der Waals surface area contributed by atoms with Crippen molar-refractivity contribution in [3.8, 4) is 44.8 Å². The van der Waals surface area contributed by atoms with Crippen molar-refractivity contribution in [3.05, 3.63) is 182 Å². The molecule has 1 aliphatic rings. The van der Waals surface area contributed by atoms with E-state index in [1.807, 2.05) is 0 Å². The van der Waals surface area contributed by atoms with E-state index < -0.39 is 0 Å². The van der Waals surface area contributed by atoms with Crippen molar-refractivity contribution in [1.29, 1.82) is 0 Å². The van der Waals surface area contributed by atoms with Gasteiger partial charge in [-0.05, 0) is 98.8 Å². The molecule has 0 saturated carbocycles. The Morgan fingerprint density at radius 2 is 1.00 bits per heavy atom. The fraction of sp³-hybridized carbons (Fsp3) is 0. The summed E-state index contributed by atoms with van der Waals surface area (Å²) >= 11 is 0. The van der Waals surface area contributed by atoms with E-state index in [1.165, 1.54) is 76.7 Å². The number of furan rings is 1. The Kier molecular flexibility index (Phi) is 5.63. The molecule has 0 aliphatic heterocycles. The lowest BCUT2D eigenvalue weighted by atomic mass is 10.0. The first-order valence-electron chi connectivity index (χ1n) is 18.9. The minimum Gasteiger partial charge on any atom is -0.456 e. The predicted molar refractivity (Wildman–Crippen MR) is 230 cm³/mol. The smallest absolute Gasteiger partial charge is 0.137 e. The van der Waals surface area contributed by atoms with Crippen molar-refractivity contribution in [2.24, 2.45) is 0 Å². The fourth-order valence-electron chi connectivity index (χ4n) is 9.74. The number of hydrogen-bond donors (Lipinski definition) is 0. The second-order valence-electron chi connectivity index (χ2n) is 14.8. The molecule has 0 unspecified atom stereocenters. The largest absolute Gasteiger partial charge is 0.456 e. The molecule has 3 heterocycles. The maximum absolute atomic E-state index is 6.53. The van der Waals surface area contributed by atoms with Crippen LogP contribution >= 0.6 is 0 Å². The van der Waals surface area contributed by atoms with Crippen molar-refractivity contribution < 1.29 is 4.42 Å². The maximum Gasteiger partial charge on any atom is 0.137 e. The zero-order chi connectivity index (χ0) is 35.8. The number of rotatable bonds is 3. The van der Waals surface area contributed by atoms with Gasteiger partial charge < -0.3 is 13.6 Å². The van der Waals surface area contributed by atoms with Crippen LogP contribution in [0.4, 0.5) is 0 Å². The highest BCUT2D eigenvalue weighted by Crippen LogP contribution is 2.50. The van der Waals surface area contributed by atoms with E-state index in [9.17, 15) is 0 Å². The lowest BCUT2D eigenvalue weighted by Gasteiger charge is -2.12. The quantitative estimate of drug-likeness (QED) is 0.180. The lowest BCUT2D eigenvalue weighted by Crippen LogP contribution is -1.96. The summed E-state index contributed by atoms with van der Waals surface area (Å²) in [5, 5.41) is 9.81. The molecule has 0 amide bonds. The topological polar surface area (TPSA) is 23.0 Å². The third kappa shape index (κ3) is 3.84. The van der Waals surface area contributed by atoms with Gasteiger partial charge in [-0.15, -0.1) is 0 Å². The molecular weight excluding hydrogens is 669 g/mol. The van der Waals surface area contributed by atoms with E-state index in [4.69, 9.17) is 4.42 Å². The number of nitrogens with zero attached hydrogens (tertiary/aromatic N) is 2. The molecule has 254 valence electrons. The Bertz CT molecular complexity index is 3570. The van der Waals surface area contributed by atoms with Crippen LogP contribution in [-0.4, -0.2) is 9.13 Å². The fourth-order valence-corrected chi connectivity index (χ4v) is 9.74. The van der Waals surface area contributed by atoms with Gasteiger partial charge in [-0.3, -0.25) is 0 Å². The van der Waals surface area contributed by atoms with E-state index in [0.717, 1.165) is 44.3 Å². The second-order valence-corrected chi connectivity index (χ2v) is 14.8. The van der Waals surface area contributed by atoms with Crippen LogP contribution < -0.4 is 0 Å². The Labute approximate surface area is 315 Å². The summed E-state index contributed by atoms with van der Waals surface area (Å²) in [7, 11) is 0. The second kappa shape index (κ2) is 10.6. The van der Waals surface area contributed by atoms with Crippen LogP contribution in [0.5, 0.6) is 0 Å². The van der Waals surface area contributed by atoms with Gasteiger partial charge in [-0.2, -0.15) is 0 Å². The minimum absolute atomic E-state index is 0.891. The molecule has 0 fully saturated rings. The standard InChI is InChI=1S/C52H30N2O/c1-2-10-31(11-3-1)32-20-22-34(23-21-32)53-45-28-26-40-37-14-4-6-18-44(37)54(35-24-25-36-38-16-8-12-33-13-9-17-39(48(33)38)43(36)30-35)51(40)49(45)42-27-29-47-50(52(42)53)41-15-5-7-19-46(41)55-47/h1-30H. The number of aromatic nitrogens is 2. The summed E-state index contributed by atoms with van der Waals surface area (Å²) < 4.78 is 11.5. The van der Waals surface area contributed by atoms with Crippen LogP contribution in [0.1, 0.15) is 0 Å². The highest BCUT2D eigenvalue weighted by Gasteiger charge is 2.26. The lowest BCUT2D eigenvalue weighted by molar-refractivity contribution is 0.669. The highest BCUT2D eigenvalue weighted by atomic mass is 16.3. The molecule has 3 nitrogen and oxygen atoms in total. The van der Waals surface area contributed by atoms with Crippen molar-refractivity contribution in [1.82, 2.24) is 9.13 Å². The predicted octanol–water partition coefficient (Wildman–Crippen LogP) is 14.2. The van der Waals surface area contributed by atoms with E-state index >= 15 is 0 Å². The minimum atomic E-state index is 0.891. The molecule has 12 aromatic rings. The van der Waals surface area contributed by atoms with Gasteiger partial charge >= 0.3 is 0 Å². The van der Waals surface area contributed by atoms with Crippen molar-refractivity contribution >= 4 is 76.3 Å². The number of benzene rings is 9. The molecule has 0 radical (unpaired) electrons. The number of fused-ring (bicyclic) bond motifs is 14. The van der Waals surface area contributed by atoms with Gasteiger partial charge in [0.1, 0.15) is 11.2 Å². The molecule has 0 saturated heterocycles. The van der Waals surface area contributed by atoms with Gasteiger partial charge in [0.15, 0.2) is 0 Å². The van der Waals surface area contributed by atoms with Crippen LogP contribution in [-0.2, 0) is 0 Å².